The first kappa shape index (κ1) is 8.91. The van der Waals surface area contributed by atoms with Gasteiger partial charge in [-0.3, -0.25) is 0 Å². The molecule has 13 heavy (non-hydrogen) atoms. The van der Waals surface area contributed by atoms with E-state index < -0.39 is 0 Å². The summed E-state index contributed by atoms with van der Waals surface area (Å²) >= 11 is 3.47. The molecule has 0 saturated heterocycles. The maximum atomic E-state index is 4.58. The molecule has 68 valence electrons. The largest absolute Gasteiger partial charge is 0.241 e. The van der Waals surface area contributed by atoms with Crippen molar-refractivity contribution in [1.82, 2.24) is 4.98 Å². The second kappa shape index (κ2) is 3.60. The lowest BCUT2D eigenvalue weighted by Crippen LogP contribution is -1.84. The van der Waals surface area contributed by atoms with Crippen molar-refractivity contribution in [2.45, 2.75) is 19.8 Å². The summed E-state index contributed by atoms with van der Waals surface area (Å²) < 4.78 is 0. The van der Waals surface area contributed by atoms with Gasteiger partial charge in [-0.25, -0.2) is 4.98 Å². The van der Waals surface area contributed by atoms with Gasteiger partial charge in [0.1, 0.15) is 0 Å². The monoisotopic (exact) mass is 209 g/mol. The Bertz CT molecular complexity index is 373. The van der Waals surface area contributed by atoms with Crippen LogP contribution in [0.1, 0.15) is 24.8 Å². The number of hydrogen-bond acceptors (Lipinski definition) is 3. The number of rotatable bonds is 2. The minimum Gasteiger partial charge on any atom is -0.241 e. The first-order chi connectivity index (χ1) is 6.27. The molecule has 0 aliphatic carbocycles. The summed E-state index contributed by atoms with van der Waals surface area (Å²) in [5, 5.41) is 7.58. The quantitative estimate of drug-likeness (QED) is 0.728. The van der Waals surface area contributed by atoms with E-state index in [1.54, 1.807) is 22.7 Å². The van der Waals surface area contributed by atoms with Gasteiger partial charge in [0, 0.05) is 22.2 Å². The van der Waals surface area contributed by atoms with E-state index >= 15 is 0 Å². The van der Waals surface area contributed by atoms with Gasteiger partial charge in [0.25, 0.3) is 0 Å². The highest BCUT2D eigenvalue weighted by Gasteiger charge is 2.06. The predicted molar refractivity (Wildman–Crippen MR) is 59.5 cm³/mol. The van der Waals surface area contributed by atoms with Crippen LogP contribution in [0.25, 0.3) is 11.3 Å². The normalized spacial score (nSPS) is 11.0. The first-order valence-corrected chi connectivity index (χ1v) is 6.07. The Balaban J connectivity index is 2.33. The molecule has 0 bridgehead atoms. The van der Waals surface area contributed by atoms with Crippen LogP contribution in [0.15, 0.2) is 22.2 Å². The highest BCUT2D eigenvalue weighted by atomic mass is 32.1. The van der Waals surface area contributed by atoms with Crippen molar-refractivity contribution in [2.24, 2.45) is 0 Å². The molecular formula is C10H11NS2. The maximum Gasteiger partial charge on any atom is 0.0958 e. The number of thiazole rings is 1. The molecule has 2 aromatic rings. The molecule has 0 N–H and O–H groups in total. The molecule has 2 rings (SSSR count). The van der Waals surface area contributed by atoms with Crippen LogP contribution in [0, 0.1) is 0 Å². The minimum absolute atomic E-state index is 0.539. The summed E-state index contributed by atoms with van der Waals surface area (Å²) in [4.78, 5) is 4.58. The molecule has 2 aromatic heterocycles. The molecule has 1 nitrogen and oxygen atoms in total. The fourth-order valence-corrected chi connectivity index (χ4v) is 2.59. The number of hydrogen-bond donors (Lipinski definition) is 0. The number of thiophene rings is 1. The molecule has 0 amide bonds. The van der Waals surface area contributed by atoms with Crippen LogP contribution in [0.2, 0.25) is 0 Å². The standard InChI is InChI=1S/C10H11NS2/c1-7(2)10-11-9(6-13-10)8-3-4-12-5-8/h3-7H,1-2H3. The third-order valence-corrected chi connectivity index (χ3v) is 3.66. The Morgan fingerprint density at radius 1 is 1.31 bits per heavy atom. The summed E-state index contributed by atoms with van der Waals surface area (Å²) in [7, 11) is 0. The second-order valence-corrected chi connectivity index (χ2v) is 4.91. The minimum atomic E-state index is 0.539. The Morgan fingerprint density at radius 3 is 2.69 bits per heavy atom. The van der Waals surface area contributed by atoms with Crippen LogP contribution in [0.4, 0.5) is 0 Å². The molecular weight excluding hydrogens is 198 g/mol. The zero-order valence-electron chi connectivity index (χ0n) is 7.65. The van der Waals surface area contributed by atoms with Crippen LogP contribution >= 0.6 is 22.7 Å². The summed E-state index contributed by atoms with van der Waals surface area (Å²) in [6.07, 6.45) is 0. The lowest BCUT2D eigenvalue weighted by atomic mass is 10.2. The molecule has 0 spiro atoms. The van der Waals surface area contributed by atoms with Gasteiger partial charge in [-0.05, 0) is 11.4 Å². The topological polar surface area (TPSA) is 12.9 Å². The van der Waals surface area contributed by atoms with Crippen molar-refractivity contribution < 1.29 is 0 Å². The molecule has 0 radical (unpaired) electrons. The van der Waals surface area contributed by atoms with Crippen LogP contribution in [-0.4, -0.2) is 4.98 Å². The fourth-order valence-electron chi connectivity index (χ4n) is 1.10. The van der Waals surface area contributed by atoms with E-state index in [0.717, 1.165) is 5.69 Å². The lowest BCUT2D eigenvalue weighted by molar-refractivity contribution is 0.854. The zero-order valence-corrected chi connectivity index (χ0v) is 9.28. The summed E-state index contributed by atoms with van der Waals surface area (Å²) in [6.45, 7) is 4.35. The Morgan fingerprint density at radius 2 is 2.15 bits per heavy atom. The third-order valence-electron chi connectivity index (χ3n) is 1.83. The average molecular weight is 209 g/mol. The summed E-state index contributed by atoms with van der Waals surface area (Å²) in [6, 6.07) is 2.11. The second-order valence-electron chi connectivity index (χ2n) is 3.24. The SMILES string of the molecule is CC(C)c1nc(-c2ccsc2)cs1. The molecule has 0 fully saturated rings. The first-order valence-electron chi connectivity index (χ1n) is 4.25. The van der Waals surface area contributed by atoms with Gasteiger partial charge in [-0.1, -0.05) is 13.8 Å². The van der Waals surface area contributed by atoms with Crippen LogP contribution in [-0.2, 0) is 0 Å². The third kappa shape index (κ3) is 1.81. The Labute approximate surface area is 86.1 Å². The van der Waals surface area contributed by atoms with Gasteiger partial charge >= 0.3 is 0 Å². The van der Waals surface area contributed by atoms with Crippen molar-refractivity contribution in [1.29, 1.82) is 0 Å². The summed E-state index contributed by atoms with van der Waals surface area (Å²) in [5.41, 5.74) is 2.36. The zero-order chi connectivity index (χ0) is 9.26. The summed E-state index contributed by atoms with van der Waals surface area (Å²) in [5.74, 6) is 0.539. The van der Waals surface area contributed by atoms with Crippen molar-refractivity contribution in [3.05, 3.63) is 27.2 Å². The van der Waals surface area contributed by atoms with Crippen molar-refractivity contribution in [3.8, 4) is 11.3 Å². The van der Waals surface area contributed by atoms with Crippen LogP contribution in [0.5, 0.6) is 0 Å². The van der Waals surface area contributed by atoms with Crippen molar-refractivity contribution in [3.63, 3.8) is 0 Å². The molecule has 0 aliphatic rings. The van der Waals surface area contributed by atoms with Crippen molar-refractivity contribution >= 4 is 22.7 Å². The average Bonchev–Trinajstić information content (AvgIpc) is 2.75. The van der Waals surface area contributed by atoms with E-state index in [1.165, 1.54) is 10.6 Å². The fraction of sp³-hybridized carbons (Fsp3) is 0.300. The van der Waals surface area contributed by atoms with Crippen LogP contribution in [0.3, 0.4) is 0 Å². The Hall–Kier alpha value is -0.670. The molecule has 0 atom stereocenters. The van der Waals surface area contributed by atoms with E-state index in [4.69, 9.17) is 0 Å². The van der Waals surface area contributed by atoms with E-state index in [-0.39, 0.29) is 0 Å². The molecule has 0 saturated carbocycles. The number of nitrogens with zero attached hydrogens (tertiary/aromatic N) is 1. The number of aromatic nitrogens is 1. The molecule has 0 aliphatic heterocycles. The molecule has 2 heterocycles. The van der Waals surface area contributed by atoms with Gasteiger partial charge in [0.2, 0.25) is 0 Å². The highest BCUT2D eigenvalue weighted by Crippen LogP contribution is 2.27. The molecule has 0 aromatic carbocycles. The lowest BCUT2D eigenvalue weighted by Gasteiger charge is -1.95. The van der Waals surface area contributed by atoms with Gasteiger partial charge in [-0.2, -0.15) is 11.3 Å². The maximum absolute atomic E-state index is 4.58. The smallest absolute Gasteiger partial charge is 0.0958 e. The van der Waals surface area contributed by atoms with Gasteiger partial charge in [0.05, 0.1) is 10.7 Å². The van der Waals surface area contributed by atoms with E-state index in [1.807, 2.05) is 0 Å². The van der Waals surface area contributed by atoms with E-state index in [9.17, 15) is 0 Å². The molecule has 3 heteroatoms. The Kier molecular flexibility index (Phi) is 2.47. The predicted octanol–water partition coefficient (Wildman–Crippen LogP) is 4.00. The van der Waals surface area contributed by atoms with Gasteiger partial charge in [0.15, 0.2) is 0 Å². The van der Waals surface area contributed by atoms with E-state index in [0.29, 0.717) is 5.92 Å². The van der Waals surface area contributed by atoms with E-state index in [2.05, 4.69) is 41.0 Å². The van der Waals surface area contributed by atoms with Gasteiger partial charge < -0.3 is 0 Å². The van der Waals surface area contributed by atoms with Crippen molar-refractivity contribution in [2.75, 3.05) is 0 Å². The van der Waals surface area contributed by atoms with Crippen LogP contribution < -0.4 is 0 Å². The van der Waals surface area contributed by atoms with Gasteiger partial charge in [-0.15, -0.1) is 11.3 Å². The highest BCUT2D eigenvalue weighted by molar-refractivity contribution is 7.10. The molecule has 0 unspecified atom stereocenters.